The van der Waals surface area contributed by atoms with E-state index in [-0.39, 0.29) is 5.91 Å². The lowest BCUT2D eigenvalue weighted by Crippen LogP contribution is -2.38. The predicted octanol–water partition coefficient (Wildman–Crippen LogP) is 3.30. The summed E-state index contributed by atoms with van der Waals surface area (Å²) < 4.78 is 7.16. The summed E-state index contributed by atoms with van der Waals surface area (Å²) in [7, 11) is 0. The average molecular weight is 405 g/mol. The fraction of sp³-hybridized carbons (Fsp3) is 0.333. The lowest BCUT2D eigenvalue weighted by Gasteiger charge is -2.26. The van der Waals surface area contributed by atoms with Crippen LogP contribution in [0.15, 0.2) is 60.8 Å². The highest BCUT2D eigenvalue weighted by atomic mass is 16.5. The first-order chi connectivity index (χ1) is 14.7. The van der Waals surface area contributed by atoms with E-state index < -0.39 is 0 Å². The average Bonchev–Trinajstić information content (AvgIpc) is 3.24. The Morgan fingerprint density at radius 1 is 1.07 bits per heavy atom. The number of ether oxygens (including phenoxy) is 1. The Hall–Kier alpha value is -2.96. The molecule has 1 amide bonds. The summed E-state index contributed by atoms with van der Waals surface area (Å²) in [5, 5.41) is 7.81. The fourth-order valence-corrected chi connectivity index (χ4v) is 3.60. The molecule has 0 saturated carbocycles. The third-order valence-electron chi connectivity index (χ3n) is 5.34. The molecular weight excluding hydrogens is 376 g/mol. The van der Waals surface area contributed by atoms with Crippen LogP contribution >= 0.6 is 0 Å². The standard InChI is InChI=1S/C24H28N4O2/c1-19-8-10-21(11-9-19)28-18-22(23(26-28)20-6-3-2-4-7-20)24(29)25-12-5-13-27-14-16-30-17-15-27/h2-4,6-11,18H,5,12-17H2,1H3,(H,25,29). The Morgan fingerprint density at radius 2 is 1.80 bits per heavy atom. The maximum Gasteiger partial charge on any atom is 0.255 e. The van der Waals surface area contributed by atoms with Gasteiger partial charge >= 0.3 is 0 Å². The maximum absolute atomic E-state index is 13.0. The quantitative estimate of drug-likeness (QED) is 0.614. The molecular formula is C24H28N4O2. The van der Waals surface area contributed by atoms with Crippen LogP contribution in [0.4, 0.5) is 0 Å². The highest BCUT2D eigenvalue weighted by Gasteiger charge is 2.18. The van der Waals surface area contributed by atoms with Crippen molar-refractivity contribution in [3.8, 4) is 16.9 Å². The Balaban J connectivity index is 1.48. The first-order valence-corrected chi connectivity index (χ1v) is 10.5. The third-order valence-corrected chi connectivity index (χ3v) is 5.34. The summed E-state index contributed by atoms with van der Waals surface area (Å²) in [6.45, 7) is 7.19. The molecule has 0 bridgehead atoms. The second-order valence-electron chi connectivity index (χ2n) is 7.60. The molecule has 156 valence electrons. The molecule has 1 aliphatic rings. The van der Waals surface area contributed by atoms with E-state index in [0.717, 1.165) is 50.5 Å². The van der Waals surface area contributed by atoms with Crippen LogP contribution < -0.4 is 5.32 Å². The number of aryl methyl sites for hydroxylation is 1. The second-order valence-corrected chi connectivity index (χ2v) is 7.60. The monoisotopic (exact) mass is 404 g/mol. The van der Waals surface area contributed by atoms with Gasteiger partial charge in [0.2, 0.25) is 0 Å². The molecule has 6 nitrogen and oxygen atoms in total. The number of rotatable bonds is 7. The highest BCUT2D eigenvalue weighted by Crippen LogP contribution is 2.23. The zero-order chi connectivity index (χ0) is 20.8. The number of benzene rings is 2. The summed E-state index contributed by atoms with van der Waals surface area (Å²) in [6, 6.07) is 18.0. The van der Waals surface area contributed by atoms with Gasteiger partial charge in [-0.3, -0.25) is 9.69 Å². The molecule has 4 rings (SSSR count). The molecule has 1 fully saturated rings. The van der Waals surface area contributed by atoms with E-state index in [9.17, 15) is 4.79 Å². The van der Waals surface area contributed by atoms with Crippen LogP contribution in [0.1, 0.15) is 22.3 Å². The van der Waals surface area contributed by atoms with Gasteiger partial charge in [0.25, 0.3) is 5.91 Å². The van der Waals surface area contributed by atoms with Crippen molar-refractivity contribution in [3.63, 3.8) is 0 Å². The largest absolute Gasteiger partial charge is 0.379 e. The molecule has 1 aromatic heterocycles. The van der Waals surface area contributed by atoms with Gasteiger partial charge in [-0.1, -0.05) is 48.0 Å². The first kappa shape index (κ1) is 20.3. The number of nitrogens with one attached hydrogen (secondary N) is 1. The number of morpholine rings is 1. The number of aromatic nitrogens is 2. The molecule has 1 N–H and O–H groups in total. The van der Waals surface area contributed by atoms with Crippen LogP contribution in [0.3, 0.4) is 0 Å². The van der Waals surface area contributed by atoms with Crippen molar-refractivity contribution in [2.45, 2.75) is 13.3 Å². The van der Waals surface area contributed by atoms with Crippen molar-refractivity contribution in [2.75, 3.05) is 39.4 Å². The van der Waals surface area contributed by atoms with Gasteiger partial charge in [-0.25, -0.2) is 4.68 Å². The number of nitrogens with zero attached hydrogens (tertiary/aromatic N) is 3. The Kier molecular flexibility index (Phi) is 6.57. The topological polar surface area (TPSA) is 59.4 Å². The van der Waals surface area contributed by atoms with Gasteiger partial charge < -0.3 is 10.1 Å². The van der Waals surface area contributed by atoms with Gasteiger partial charge in [-0.05, 0) is 32.0 Å². The molecule has 2 heterocycles. The van der Waals surface area contributed by atoms with Crippen LogP contribution in [-0.2, 0) is 4.74 Å². The normalized spacial score (nSPS) is 14.6. The van der Waals surface area contributed by atoms with Gasteiger partial charge in [0, 0.05) is 31.4 Å². The SMILES string of the molecule is Cc1ccc(-n2cc(C(=O)NCCCN3CCOCC3)c(-c3ccccc3)n2)cc1. The minimum atomic E-state index is -0.0887. The molecule has 0 radical (unpaired) electrons. The van der Waals surface area contributed by atoms with E-state index >= 15 is 0 Å². The number of carbonyl (C=O) groups is 1. The van der Waals surface area contributed by atoms with E-state index in [2.05, 4.69) is 17.1 Å². The molecule has 0 unspecified atom stereocenters. The zero-order valence-electron chi connectivity index (χ0n) is 17.4. The minimum Gasteiger partial charge on any atom is -0.379 e. The van der Waals surface area contributed by atoms with Gasteiger partial charge in [0.15, 0.2) is 0 Å². The smallest absolute Gasteiger partial charge is 0.255 e. The van der Waals surface area contributed by atoms with Gasteiger partial charge in [0.1, 0.15) is 5.69 Å². The number of hydrogen-bond donors (Lipinski definition) is 1. The van der Waals surface area contributed by atoms with Gasteiger partial charge in [-0.2, -0.15) is 5.10 Å². The molecule has 2 aromatic carbocycles. The van der Waals surface area contributed by atoms with E-state index in [1.165, 1.54) is 5.56 Å². The number of amides is 1. The lowest BCUT2D eigenvalue weighted by atomic mass is 10.1. The van der Waals surface area contributed by atoms with E-state index in [0.29, 0.717) is 17.8 Å². The molecule has 30 heavy (non-hydrogen) atoms. The molecule has 0 spiro atoms. The van der Waals surface area contributed by atoms with Gasteiger partial charge in [0.05, 0.1) is 24.5 Å². The zero-order valence-corrected chi connectivity index (χ0v) is 17.4. The van der Waals surface area contributed by atoms with Crippen molar-refractivity contribution in [3.05, 3.63) is 71.9 Å². The first-order valence-electron chi connectivity index (χ1n) is 10.5. The van der Waals surface area contributed by atoms with E-state index in [4.69, 9.17) is 9.84 Å². The molecule has 0 atom stereocenters. The molecule has 6 heteroatoms. The molecule has 3 aromatic rings. The van der Waals surface area contributed by atoms with E-state index in [1.807, 2.05) is 60.8 Å². The number of hydrogen-bond acceptors (Lipinski definition) is 4. The summed E-state index contributed by atoms with van der Waals surface area (Å²) in [4.78, 5) is 15.4. The summed E-state index contributed by atoms with van der Waals surface area (Å²) in [6.07, 6.45) is 2.74. The van der Waals surface area contributed by atoms with Crippen molar-refractivity contribution in [1.29, 1.82) is 0 Å². The molecule has 1 aliphatic heterocycles. The Labute approximate surface area is 177 Å². The van der Waals surface area contributed by atoms with Gasteiger partial charge in [-0.15, -0.1) is 0 Å². The van der Waals surface area contributed by atoms with Crippen LogP contribution in [0, 0.1) is 6.92 Å². The fourth-order valence-electron chi connectivity index (χ4n) is 3.60. The molecule has 1 saturated heterocycles. The van der Waals surface area contributed by atoms with Crippen LogP contribution in [0.25, 0.3) is 16.9 Å². The van der Waals surface area contributed by atoms with Crippen molar-refractivity contribution in [2.24, 2.45) is 0 Å². The predicted molar refractivity (Wildman–Crippen MR) is 118 cm³/mol. The number of carbonyl (C=O) groups excluding carboxylic acids is 1. The van der Waals surface area contributed by atoms with Crippen molar-refractivity contribution in [1.82, 2.24) is 20.0 Å². The lowest BCUT2D eigenvalue weighted by molar-refractivity contribution is 0.0374. The summed E-state index contributed by atoms with van der Waals surface area (Å²) in [5.41, 5.74) is 4.34. The Bertz CT molecular complexity index is 961. The molecule has 0 aliphatic carbocycles. The van der Waals surface area contributed by atoms with Crippen molar-refractivity contribution >= 4 is 5.91 Å². The second kappa shape index (κ2) is 9.69. The van der Waals surface area contributed by atoms with E-state index in [1.54, 1.807) is 4.68 Å². The summed E-state index contributed by atoms with van der Waals surface area (Å²) >= 11 is 0. The minimum absolute atomic E-state index is 0.0887. The van der Waals surface area contributed by atoms with Crippen LogP contribution in [-0.4, -0.2) is 60.0 Å². The highest BCUT2D eigenvalue weighted by molar-refractivity contribution is 5.99. The third kappa shape index (κ3) is 4.96. The maximum atomic E-state index is 13.0. The van der Waals surface area contributed by atoms with Crippen LogP contribution in [0.2, 0.25) is 0 Å². The van der Waals surface area contributed by atoms with Crippen molar-refractivity contribution < 1.29 is 9.53 Å². The van der Waals surface area contributed by atoms with Crippen LogP contribution in [0.5, 0.6) is 0 Å². The summed E-state index contributed by atoms with van der Waals surface area (Å²) in [5.74, 6) is -0.0887. The Morgan fingerprint density at radius 3 is 2.53 bits per heavy atom.